The molecule has 0 aromatic heterocycles. The van der Waals surface area contributed by atoms with Crippen LogP contribution in [0.15, 0.2) is 11.6 Å². The van der Waals surface area contributed by atoms with E-state index in [0.29, 0.717) is 0 Å². The summed E-state index contributed by atoms with van der Waals surface area (Å²) < 4.78 is 11.6. The molecule has 2 aliphatic heterocycles. The van der Waals surface area contributed by atoms with Crippen LogP contribution in [0.3, 0.4) is 0 Å². The molecule has 0 spiro atoms. The van der Waals surface area contributed by atoms with E-state index in [4.69, 9.17) is 9.47 Å². The van der Waals surface area contributed by atoms with Gasteiger partial charge in [-0.15, -0.1) is 0 Å². The second kappa shape index (κ2) is 3.05. The van der Waals surface area contributed by atoms with Gasteiger partial charge in [0.2, 0.25) is 0 Å². The summed E-state index contributed by atoms with van der Waals surface area (Å²) in [5, 5.41) is 3.32. The molecule has 0 bridgehead atoms. The quantitative estimate of drug-likeness (QED) is 0.645. The van der Waals surface area contributed by atoms with E-state index in [1.165, 1.54) is 5.57 Å². The first-order chi connectivity index (χ1) is 6.41. The fourth-order valence-corrected chi connectivity index (χ4v) is 2.31. The standard InChI is InChI=1S/C11H19NO2/c1-10(2)7-8(11(3,4)14-10)9-12-5-6-13-9/h7,9,12H,5-6H2,1-4H3. The summed E-state index contributed by atoms with van der Waals surface area (Å²) in [4.78, 5) is 0. The minimum atomic E-state index is -0.217. The normalized spacial score (nSPS) is 34.6. The van der Waals surface area contributed by atoms with Gasteiger partial charge in [-0.05, 0) is 33.8 Å². The Labute approximate surface area is 85.5 Å². The van der Waals surface area contributed by atoms with Crippen molar-refractivity contribution < 1.29 is 9.47 Å². The Bertz CT molecular complexity index is 262. The van der Waals surface area contributed by atoms with Gasteiger partial charge in [-0.1, -0.05) is 0 Å². The topological polar surface area (TPSA) is 30.5 Å². The average molecular weight is 197 g/mol. The molecule has 0 aromatic rings. The van der Waals surface area contributed by atoms with Crippen molar-refractivity contribution >= 4 is 0 Å². The number of hydrogen-bond acceptors (Lipinski definition) is 3. The average Bonchev–Trinajstić information content (AvgIpc) is 2.54. The highest BCUT2D eigenvalue weighted by molar-refractivity contribution is 5.28. The summed E-state index contributed by atoms with van der Waals surface area (Å²) in [6, 6.07) is 0. The number of hydrogen-bond donors (Lipinski definition) is 1. The molecule has 1 fully saturated rings. The summed E-state index contributed by atoms with van der Waals surface area (Å²) in [5.41, 5.74) is 0.831. The molecule has 0 aliphatic carbocycles. The third kappa shape index (κ3) is 1.72. The first kappa shape index (κ1) is 10.1. The van der Waals surface area contributed by atoms with Gasteiger partial charge in [-0.3, -0.25) is 5.32 Å². The maximum Gasteiger partial charge on any atom is 0.133 e. The maximum absolute atomic E-state index is 5.95. The van der Waals surface area contributed by atoms with E-state index in [1.54, 1.807) is 0 Å². The third-order valence-corrected chi connectivity index (χ3v) is 2.72. The molecular weight excluding hydrogens is 178 g/mol. The van der Waals surface area contributed by atoms with E-state index < -0.39 is 0 Å². The van der Waals surface area contributed by atoms with Crippen molar-refractivity contribution in [3.05, 3.63) is 11.6 Å². The number of ether oxygens (including phenoxy) is 2. The first-order valence-corrected chi connectivity index (χ1v) is 5.19. The van der Waals surface area contributed by atoms with Crippen molar-refractivity contribution in [3.63, 3.8) is 0 Å². The van der Waals surface area contributed by atoms with Crippen LogP contribution < -0.4 is 5.32 Å². The van der Waals surface area contributed by atoms with Crippen LogP contribution in [0.25, 0.3) is 0 Å². The summed E-state index contributed by atoms with van der Waals surface area (Å²) in [6.45, 7) is 10.1. The smallest absolute Gasteiger partial charge is 0.133 e. The van der Waals surface area contributed by atoms with Crippen molar-refractivity contribution in [2.45, 2.75) is 45.1 Å². The Morgan fingerprint density at radius 1 is 1.36 bits per heavy atom. The molecule has 2 aliphatic rings. The van der Waals surface area contributed by atoms with E-state index in [0.717, 1.165) is 13.2 Å². The van der Waals surface area contributed by atoms with Crippen LogP contribution in [0.1, 0.15) is 27.7 Å². The Morgan fingerprint density at radius 2 is 2.07 bits per heavy atom. The lowest BCUT2D eigenvalue weighted by Crippen LogP contribution is -2.36. The van der Waals surface area contributed by atoms with Crippen LogP contribution in [-0.2, 0) is 9.47 Å². The highest BCUT2D eigenvalue weighted by Gasteiger charge is 2.42. The minimum Gasteiger partial charge on any atom is -0.361 e. The predicted octanol–water partition coefficient (Wildman–Crippen LogP) is 1.45. The molecule has 1 unspecified atom stereocenters. The molecule has 0 radical (unpaired) electrons. The molecule has 2 rings (SSSR count). The van der Waals surface area contributed by atoms with Crippen LogP contribution in [0.4, 0.5) is 0 Å². The van der Waals surface area contributed by atoms with Crippen molar-refractivity contribution in [2.75, 3.05) is 13.2 Å². The van der Waals surface area contributed by atoms with Gasteiger partial charge in [0.25, 0.3) is 0 Å². The van der Waals surface area contributed by atoms with E-state index in [-0.39, 0.29) is 17.4 Å². The van der Waals surface area contributed by atoms with Crippen LogP contribution in [0.2, 0.25) is 0 Å². The molecule has 0 aromatic carbocycles. The van der Waals surface area contributed by atoms with Gasteiger partial charge in [0, 0.05) is 12.1 Å². The molecule has 1 N–H and O–H groups in total. The molecule has 3 nitrogen and oxygen atoms in total. The first-order valence-electron chi connectivity index (χ1n) is 5.19. The van der Waals surface area contributed by atoms with Gasteiger partial charge in [-0.2, -0.15) is 0 Å². The highest BCUT2D eigenvalue weighted by Crippen LogP contribution is 2.38. The van der Waals surface area contributed by atoms with Gasteiger partial charge in [0.05, 0.1) is 17.8 Å². The SMILES string of the molecule is CC1(C)C=C(C2NCCO2)C(C)(C)O1. The van der Waals surface area contributed by atoms with Crippen molar-refractivity contribution in [3.8, 4) is 0 Å². The summed E-state index contributed by atoms with van der Waals surface area (Å²) >= 11 is 0. The zero-order valence-corrected chi connectivity index (χ0v) is 9.39. The zero-order chi connectivity index (χ0) is 10.4. The van der Waals surface area contributed by atoms with Crippen LogP contribution >= 0.6 is 0 Å². The summed E-state index contributed by atoms with van der Waals surface area (Å²) in [6.07, 6.45) is 2.22. The van der Waals surface area contributed by atoms with Crippen LogP contribution in [0.5, 0.6) is 0 Å². The minimum absolute atomic E-state index is 0.0479. The van der Waals surface area contributed by atoms with Gasteiger partial charge in [0.15, 0.2) is 0 Å². The molecular formula is C11H19NO2. The van der Waals surface area contributed by atoms with Gasteiger partial charge in [-0.25, -0.2) is 0 Å². The maximum atomic E-state index is 5.95. The fourth-order valence-electron chi connectivity index (χ4n) is 2.31. The lowest BCUT2D eigenvalue weighted by molar-refractivity contribution is -0.0605. The molecule has 14 heavy (non-hydrogen) atoms. The largest absolute Gasteiger partial charge is 0.361 e. The van der Waals surface area contributed by atoms with E-state index in [9.17, 15) is 0 Å². The second-order valence-corrected chi connectivity index (χ2v) is 5.02. The Balaban J connectivity index is 2.23. The Morgan fingerprint density at radius 3 is 2.50 bits per heavy atom. The zero-order valence-electron chi connectivity index (χ0n) is 9.39. The molecule has 1 atom stereocenters. The lowest BCUT2D eigenvalue weighted by Gasteiger charge is -2.28. The molecule has 1 saturated heterocycles. The lowest BCUT2D eigenvalue weighted by atomic mass is 9.97. The monoisotopic (exact) mass is 197 g/mol. The Hall–Kier alpha value is -0.380. The number of rotatable bonds is 1. The second-order valence-electron chi connectivity index (χ2n) is 5.02. The molecule has 2 heterocycles. The van der Waals surface area contributed by atoms with E-state index in [2.05, 4.69) is 39.1 Å². The molecule has 0 saturated carbocycles. The Kier molecular flexibility index (Phi) is 2.21. The van der Waals surface area contributed by atoms with Gasteiger partial charge < -0.3 is 9.47 Å². The molecule has 3 heteroatoms. The summed E-state index contributed by atoms with van der Waals surface area (Å²) in [5.74, 6) is 0. The third-order valence-electron chi connectivity index (χ3n) is 2.72. The highest BCUT2D eigenvalue weighted by atomic mass is 16.5. The predicted molar refractivity (Wildman–Crippen MR) is 55.1 cm³/mol. The van der Waals surface area contributed by atoms with Crippen molar-refractivity contribution in [1.82, 2.24) is 5.32 Å². The van der Waals surface area contributed by atoms with Crippen LogP contribution in [0, 0.1) is 0 Å². The molecule has 80 valence electrons. The van der Waals surface area contributed by atoms with Crippen molar-refractivity contribution in [2.24, 2.45) is 0 Å². The van der Waals surface area contributed by atoms with Crippen molar-refractivity contribution in [1.29, 1.82) is 0 Å². The van der Waals surface area contributed by atoms with E-state index >= 15 is 0 Å². The summed E-state index contributed by atoms with van der Waals surface area (Å²) in [7, 11) is 0. The molecule has 0 amide bonds. The van der Waals surface area contributed by atoms with E-state index in [1.807, 2.05) is 0 Å². The van der Waals surface area contributed by atoms with Gasteiger partial charge >= 0.3 is 0 Å². The van der Waals surface area contributed by atoms with Gasteiger partial charge in [0.1, 0.15) is 6.23 Å². The number of nitrogens with one attached hydrogen (secondary N) is 1. The van der Waals surface area contributed by atoms with Crippen LogP contribution in [-0.4, -0.2) is 30.6 Å². The fraction of sp³-hybridized carbons (Fsp3) is 0.818.